The molecule has 2 aromatic rings. The van der Waals surface area contributed by atoms with Gasteiger partial charge in [0.1, 0.15) is 16.5 Å². The second-order valence-electron chi connectivity index (χ2n) is 6.14. The molecular weight excluding hydrogens is 310 g/mol. The number of nitrogens with one attached hydrogen (secondary N) is 1. The molecule has 23 heavy (non-hydrogen) atoms. The van der Waals surface area contributed by atoms with Crippen molar-refractivity contribution in [3.05, 3.63) is 27.2 Å². The molecule has 0 radical (unpaired) electrons. The van der Waals surface area contributed by atoms with Gasteiger partial charge in [0.15, 0.2) is 0 Å². The largest absolute Gasteiger partial charge is 0.338 e. The molecule has 0 bridgehead atoms. The second kappa shape index (κ2) is 6.78. The van der Waals surface area contributed by atoms with Crippen molar-refractivity contribution in [1.29, 1.82) is 0 Å². The first kappa shape index (κ1) is 16.1. The summed E-state index contributed by atoms with van der Waals surface area (Å²) >= 11 is 1.50. The summed E-state index contributed by atoms with van der Waals surface area (Å²) in [6.07, 6.45) is 3.82. The Kier molecular flexibility index (Phi) is 4.75. The zero-order chi connectivity index (χ0) is 16.4. The number of likely N-dealkylation sites (tertiary alicyclic amines) is 1. The van der Waals surface area contributed by atoms with E-state index >= 15 is 0 Å². The fourth-order valence-corrected chi connectivity index (χ4v) is 3.96. The van der Waals surface area contributed by atoms with Crippen LogP contribution in [-0.2, 0) is 12.8 Å². The van der Waals surface area contributed by atoms with E-state index in [2.05, 4.69) is 27.1 Å². The summed E-state index contributed by atoms with van der Waals surface area (Å²) in [7, 11) is 0. The third-order valence-corrected chi connectivity index (χ3v) is 5.44. The van der Waals surface area contributed by atoms with Crippen LogP contribution in [0.15, 0.2) is 0 Å². The van der Waals surface area contributed by atoms with Gasteiger partial charge in [0.2, 0.25) is 0 Å². The van der Waals surface area contributed by atoms with Gasteiger partial charge in [-0.2, -0.15) is 5.10 Å². The molecule has 0 aliphatic carbocycles. The molecule has 3 heterocycles. The van der Waals surface area contributed by atoms with Crippen molar-refractivity contribution in [2.24, 2.45) is 5.92 Å². The van der Waals surface area contributed by atoms with Gasteiger partial charge in [-0.15, -0.1) is 11.3 Å². The second-order valence-corrected chi connectivity index (χ2v) is 7.34. The van der Waals surface area contributed by atoms with Crippen LogP contribution in [0, 0.1) is 19.8 Å². The third kappa shape index (κ3) is 3.60. The number of aromatic nitrogens is 4. The Labute approximate surface area is 140 Å². The number of hydrogen-bond donors (Lipinski definition) is 1. The van der Waals surface area contributed by atoms with E-state index in [1.165, 1.54) is 11.3 Å². The number of amides is 1. The maximum atomic E-state index is 12.6. The number of carbonyl (C=O) groups excluding carboxylic acids is 1. The summed E-state index contributed by atoms with van der Waals surface area (Å²) in [5, 5.41) is 8.17. The van der Waals surface area contributed by atoms with E-state index in [9.17, 15) is 4.79 Å². The van der Waals surface area contributed by atoms with E-state index in [1.54, 1.807) is 0 Å². The quantitative estimate of drug-likeness (QED) is 0.933. The van der Waals surface area contributed by atoms with Crippen LogP contribution in [-0.4, -0.2) is 44.1 Å². The predicted molar refractivity (Wildman–Crippen MR) is 89.7 cm³/mol. The van der Waals surface area contributed by atoms with Crippen molar-refractivity contribution in [2.45, 2.75) is 46.5 Å². The maximum Gasteiger partial charge on any atom is 0.265 e. The highest BCUT2D eigenvalue weighted by Gasteiger charge is 2.26. The Hall–Kier alpha value is -1.76. The molecule has 2 aromatic heterocycles. The Morgan fingerprint density at radius 1 is 1.30 bits per heavy atom. The zero-order valence-corrected chi connectivity index (χ0v) is 14.7. The highest BCUT2D eigenvalue weighted by Crippen LogP contribution is 2.25. The number of rotatable bonds is 4. The van der Waals surface area contributed by atoms with Crippen molar-refractivity contribution in [1.82, 2.24) is 25.1 Å². The van der Waals surface area contributed by atoms with Crippen LogP contribution in [0.2, 0.25) is 0 Å². The third-order valence-electron chi connectivity index (χ3n) is 4.38. The van der Waals surface area contributed by atoms with Crippen molar-refractivity contribution < 1.29 is 4.79 Å². The maximum absolute atomic E-state index is 12.6. The molecule has 124 valence electrons. The van der Waals surface area contributed by atoms with E-state index in [0.717, 1.165) is 66.0 Å². The van der Waals surface area contributed by atoms with E-state index in [-0.39, 0.29) is 5.91 Å². The number of carbonyl (C=O) groups is 1. The van der Waals surface area contributed by atoms with Gasteiger partial charge in [-0.3, -0.25) is 9.89 Å². The molecule has 1 amide bonds. The van der Waals surface area contributed by atoms with E-state index in [0.29, 0.717) is 5.92 Å². The molecule has 0 atom stereocenters. The van der Waals surface area contributed by atoms with E-state index < -0.39 is 0 Å². The fraction of sp³-hybridized carbons (Fsp3) is 0.625. The standard InChI is InChI=1S/C16H23N5OS/c1-4-13-18-14(20-19-13)9-12-5-7-21(8-6-12)16(22)15-10(2)17-11(3)23-15/h12H,4-9H2,1-3H3,(H,18,19,20). The Balaban J connectivity index is 1.55. The van der Waals surface area contributed by atoms with Gasteiger partial charge in [-0.1, -0.05) is 6.92 Å². The molecule has 1 saturated heterocycles. The minimum Gasteiger partial charge on any atom is -0.338 e. The van der Waals surface area contributed by atoms with Crippen molar-refractivity contribution in [3.8, 4) is 0 Å². The first-order valence-corrected chi connectivity index (χ1v) is 9.02. The van der Waals surface area contributed by atoms with E-state index in [4.69, 9.17) is 0 Å². The summed E-state index contributed by atoms with van der Waals surface area (Å²) in [6.45, 7) is 7.55. The SMILES string of the molecule is CCc1n[nH]c(CC2CCN(C(=O)c3sc(C)nc3C)CC2)n1. The lowest BCUT2D eigenvalue weighted by molar-refractivity contribution is 0.0694. The molecule has 6 nitrogen and oxygen atoms in total. The van der Waals surface area contributed by atoms with Gasteiger partial charge in [-0.25, -0.2) is 9.97 Å². The molecule has 3 rings (SSSR count). The van der Waals surface area contributed by atoms with Crippen LogP contribution < -0.4 is 0 Å². The number of H-pyrrole nitrogens is 1. The highest BCUT2D eigenvalue weighted by atomic mass is 32.1. The Morgan fingerprint density at radius 3 is 2.61 bits per heavy atom. The van der Waals surface area contributed by atoms with Gasteiger partial charge >= 0.3 is 0 Å². The molecule has 1 aliphatic rings. The molecule has 0 saturated carbocycles. The molecule has 0 unspecified atom stereocenters. The lowest BCUT2D eigenvalue weighted by atomic mass is 9.93. The number of aryl methyl sites for hydroxylation is 3. The van der Waals surface area contributed by atoms with Crippen molar-refractivity contribution in [3.63, 3.8) is 0 Å². The predicted octanol–water partition coefficient (Wildman–Crippen LogP) is 2.54. The number of nitrogens with zero attached hydrogens (tertiary/aromatic N) is 4. The number of aromatic amines is 1. The van der Waals surface area contributed by atoms with Crippen LogP contribution in [0.25, 0.3) is 0 Å². The molecule has 0 aromatic carbocycles. The molecule has 1 fully saturated rings. The van der Waals surface area contributed by atoms with E-state index in [1.807, 2.05) is 18.7 Å². The monoisotopic (exact) mass is 333 g/mol. The minimum absolute atomic E-state index is 0.138. The average molecular weight is 333 g/mol. The van der Waals surface area contributed by atoms with Gasteiger partial charge < -0.3 is 4.90 Å². The smallest absolute Gasteiger partial charge is 0.265 e. The lowest BCUT2D eigenvalue weighted by Crippen LogP contribution is -2.38. The van der Waals surface area contributed by atoms with Crippen LogP contribution in [0.1, 0.15) is 51.8 Å². The highest BCUT2D eigenvalue weighted by molar-refractivity contribution is 7.13. The number of thiazole rings is 1. The summed E-state index contributed by atoms with van der Waals surface area (Å²) < 4.78 is 0. The lowest BCUT2D eigenvalue weighted by Gasteiger charge is -2.31. The van der Waals surface area contributed by atoms with Crippen LogP contribution >= 0.6 is 11.3 Å². The molecule has 7 heteroatoms. The average Bonchev–Trinajstić information content (AvgIpc) is 3.13. The minimum atomic E-state index is 0.138. The molecular formula is C16H23N5OS. The van der Waals surface area contributed by atoms with Crippen LogP contribution in [0.3, 0.4) is 0 Å². The van der Waals surface area contributed by atoms with Crippen molar-refractivity contribution in [2.75, 3.05) is 13.1 Å². The summed E-state index contributed by atoms with van der Waals surface area (Å²) in [4.78, 5) is 24.2. The number of hydrogen-bond acceptors (Lipinski definition) is 5. The first-order valence-electron chi connectivity index (χ1n) is 8.20. The topological polar surface area (TPSA) is 74.8 Å². The fourth-order valence-electron chi connectivity index (χ4n) is 3.07. The van der Waals surface area contributed by atoms with Gasteiger partial charge in [0.05, 0.1) is 10.7 Å². The first-order chi connectivity index (χ1) is 11.1. The van der Waals surface area contributed by atoms with Gasteiger partial charge in [-0.05, 0) is 32.6 Å². The summed E-state index contributed by atoms with van der Waals surface area (Å²) in [5.74, 6) is 2.56. The zero-order valence-electron chi connectivity index (χ0n) is 13.9. The van der Waals surface area contributed by atoms with Crippen LogP contribution in [0.4, 0.5) is 0 Å². The molecule has 1 N–H and O–H groups in total. The summed E-state index contributed by atoms with van der Waals surface area (Å²) in [5.41, 5.74) is 0.855. The normalized spacial score (nSPS) is 16.0. The summed E-state index contributed by atoms with van der Waals surface area (Å²) in [6, 6.07) is 0. The Morgan fingerprint density at radius 2 is 2.04 bits per heavy atom. The van der Waals surface area contributed by atoms with Crippen molar-refractivity contribution >= 4 is 17.2 Å². The Bertz CT molecular complexity index is 684. The van der Waals surface area contributed by atoms with Gasteiger partial charge in [0, 0.05) is 25.9 Å². The van der Waals surface area contributed by atoms with Gasteiger partial charge in [0.25, 0.3) is 5.91 Å². The number of piperidine rings is 1. The van der Waals surface area contributed by atoms with Crippen LogP contribution in [0.5, 0.6) is 0 Å². The molecule has 1 aliphatic heterocycles. The molecule has 0 spiro atoms.